The second-order valence-electron chi connectivity index (χ2n) is 6.10. The van der Waals surface area contributed by atoms with E-state index in [2.05, 4.69) is 24.5 Å². The average molecular weight is 318 g/mol. The van der Waals surface area contributed by atoms with Crippen molar-refractivity contribution in [2.24, 2.45) is 0 Å². The maximum Gasteiger partial charge on any atom is 0.172 e. The number of fused-ring (bicyclic) bond motifs is 3. The molecule has 1 N–H and O–H groups in total. The van der Waals surface area contributed by atoms with Crippen LogP contribution in [0.4, 0.5) is 4.39 Å². The molecule has 21 heavy (non-hydrogen) atoms. The fourth-order valence-electron chi connectivity index (χ4n) is 3.36. The van der Waals surface area contributed by atoms with E-state index in [4.69, 9.17) is 0 Å². The van der Waals surface area contributed by atoms with E-state index in [0.717, 1.165) is 11.1 Å². The smallest absolute Gasteiger partial charge is 0.172 e. The fourth-order valence-corrected chi connectivity index (χ4v) is 3.98. The van der Waals surface area contributed by atoms with Gasteiger partial charge in [0.25, 0.3) is 0 Å². The minimum atomic E-state index is -1.91. The maximum atomic E-state index is 14.9. The molecule has 0 aromatic heterocycles. The SMILES string of the molecule is OC1(C(F)(P)P)c2ccccc2-c2ccc(C3CC3)cc21. The lowest BCUT2D eigenvalue weighted by Crippen LogP contribution is -2.39. The van der Waals surface area contributed by atoms with Gasteiger partial charge in [-0.05, 0) is 41.0 Å². The predicted octanol–water partition coefficient (Wildman–Crippen LogP) is 4.15. The lowest BCUT2D eigenvalue weighted by molar-refractivity contribution is 0.0228. The first-order valence-corrected chi connectivity index (χ1v) is 8.32. The molecule has 0 heterocycles. The summed E-state index contributed by atoms with van der Waals surface area (Å²) in [7, 11) is 4.27. The van der Waals surface area contributed by atoms with Crippen LogP contribution in [0, 0.1) is 0 Å². The molecule has 2 aromatic carbocycles. The van der Waals surface area contributed by atoms with Crippen LogP contribution in [0.2, 0.25) is 0 Å². The molecule has 0 amide bonds. The third kappa shape index (κ3) is 1.86. The highest BCUT2D eigenvalue weighted by molar-refractivity contribution is 7.39. The van der Waals surface area contributed by atoms with Crippen LogP contribution in [-0.2, 0) is 5.60 Å². The van der Waals surface area contributed by atoms with Crippen molar-refractivity contribution in [2.45, 2.75) is 29.5 Å². The summed E-state index contributed by atoms with van der Waals surface area (Å²) in [6.07, 6.45) is 2.37. The quantitative estimate of drug-likeness (QED) is 0.825. The Balaban J connectivity index is 2.02. The molecule has 0 bridgehead atoms. The topological polar surface area (TPSA) is 20.2 Å². The molecule has 108 valence electrons. The van der Waals surface area contributed by atoms with Gasteiger partial charge >= 0.3 is 0 Å². The Kier molecular flexibility index (Phi) is 2.87. The van der Waals surface area contributed by atoms with Crippen molar-refractivity contribution in [2.75, 3.05) is 0 Å². The van der Waals surface area contributed by atoms with E-state index in [1.54, 1.807) is 0 Å². The highest BCUT2D eigenvalue weighted by Crippen LogP contribution is 2.59. The first-order valence-electron chi connectivity index (χ1n) is 7.16. The molecule has 1 saturated carbocycles. The van der Waals surface area contributed by atoms with Crippen molar-refractivity contribution in [3.8, 4) is 11.1 Å². The Morgan fingerprint density at radius 3 is 2.38 bits per heavy atom. The lowest BCUT2D eigenvalue weighted by atomic mass is 9.90. The largest absolute Gasteiger partial charge is 0.376 e. The standard InChI is InChI=1S/C17H17FOP2/c18-17(20,21)16(19)14-4-2-1-3-12(14)13-8-7-11(9-15(13)16)10-5-6-10/h1-4,7-10,19H,5-6,20-21H2. The predicted molar refractivity (Wildman–Crippen MR) is 90.1 cm³/mol. The van der Waals surface area contributed by atoms with Gasteiger partial charge in [-0.25, -0.2) is 4.39 Å². The monoisotopic (exact) mass is 318 g/mol. The number of halogens is 1. The van der Waals surface area contributed by atoms with Crippen LogP contribution >= 0.6 is 18.5 Å². The second-order valence-corrected chi connectivity index (χ2v) is 8.45. The van der Waals surface area contributed by atoms with Crippen LogP contribution in [-0.4, -0.2) is 10.3 Å². The Morgan fingerprint density at radius 1 is 1.05 bits per heavy atom. The molecule has 0 saturated heterocycles. The molecule has 2 aliphatic rings. The van der Waals surface area contributed by atoms with E-state index in [1.165, 1.54) is 18.4 Å². The van der Waals surface area contributed by atoms with Crippen molar-refractivity contribution >= 4 is 18.5 Å². The van der Waals surface area contributed by atoms with Gasteiger partial charge in [0, 0.05) is 5.56 Å². The molecule has 0 aliphatic heterocycles. The Morgan fingerprint density at radius 2 is 1.71 bits per heavy atom. The van der Waals surface area contributed by atoms with Crippen LogP contribution in [0.5, 0.6) is 0 Å². The van der Waals surface area contributed by atoms with Crippen molar-refractivity contribution in [3.63, 3.8) is 0 Å². The van der Waals surface area contributed by atoms with Gasteiger partial charge in [0.2, 0.25) is 0 Å². The van der Waals surface area contributed by atoms with Gasteiger partial charge in [0.15, 0.2) is 10.8 Å². The zero-order valence-electron chi connectivity index (χ0n) is 11.5. The van der Waals surface area contributed by atoms with Crippen molar-refractivity contribution < 1.29 is 9.50 Å². The van der Waals surface area contributed by atoms with Gasteiger partial charge in [-0.2, -0.15) is 0 Å². The lowest BCUT2D eigenvalue weighted by Gasteiger charge is -2.35. The van der Waals surface area contributed by atoms with E-state index in [9.17, 15) is 9.50 Å². The van der Waals surface area contributed by atoms with E-state index < -0.39 is 10.8 Å². The Bertz CT molecular complexity index is 734. The van der Waals surface area contributed by atoms with Gasteiger partial charge < -0.3 is 5.11 Å². The first-order chi connectivity index (χ1) is 9.93. The highest BCUT2D eigenvalue weighted by atomic mass is 31.1. The van der Waals surface area contributed by atoms with Crippen LogP contribution in [0.25, 0.3) is 11.1 Å². The third-order valence-corrected chi connectivity index (χ3v) is 5.48. The van der Waals surface area contributed by atoms with E-state index >= 15 is 0 Å². The van der Waals surface area contributed by atoms with Crippen LogP contribution < -0.4 is 0 Å². The molecular formula is C17H17FOP2. The van der Waals surface area contributed by atoms with Gasteiger partial charge in [-0.3, -0.25) is 0 Å². The van der Waals surface area contributed by atoms with Gasteiger partial charge in [0.05, 0.1) is 0 Å². The first kappa shape index (κ1) is 13.8. The summed E-state index contributed by atoms with van der Waals surface area (Å²) in [5, 5.41) is 9.34. The Labute approximate surface area is 128 Å². The van der Waals surface area contributed by atoms with Crippen LogP contribution in [0.15, 0.2) is 42.5 Å². The minimum absolute atomic E-state index is 0.575. The van der Waals surface area contributed by atoms with E-state index in [-0.39, 0.29) is 0 Å². The normalized spacial score (nSPS) is 23.8. The average Bonchev–Trinajstić information content (AvgIpc) is 3.26. The van der Waals surface area contributed by atoms with Gasteiger partial charge in [-0.1, -0.05) is 60.9 Å². The number of hydrogen-bond donors (Lipinski definition) is 1. The Hall–Kier alpha value is -0.810. The van der Waals surface area contributed by atoms with Crippen LogP contribution in [0.3, 0.4) is 0 Å². The fraction of sp³-hybridized carbons (Fsp3) is 0.294. The molecule has 0 spiro atoms. The molecule has 3 unspecified atom stereocenters. The zero-order chi connectivity index (χ0) is 14.8. The molecule has 3 atom stereocenters. The number of benzene rings is 2. The molecule has 2 aromatic rings. The van der Waals surface area contributed by atoms with Crippen molar-refractivity contribution in [1.29, 1.82) is 0 Å². The number of rotatable bonds is 2. The number of aliphatic hydroxyl groups is 1. The van der Waals surface area contributed by atoms with E-state index in [1.807, 2.05) is 36.4 Å². The van der Waals surface area contributed by atoms with Crippen molar-refractivity contribution in [1.82, 2.24) is 0 Å². The molecule has 4 rings (SSSR count). The molecule has 4 heteroatoms. The molecular weight excluding hydrogens is 301 g/mol. The highest BCUT2D eigenvalue weighted by Gasteiger charge is 2.53. The molecule has 2 aliphatic carbocycles. The number of hydrogen-bond acceptors (Lipinski definition) is 1. The van der Waals surface area contributed by atoms with E-state index in [0.29, 0.717) is 17.0 Å². The van der Waals surface area contributed by atoms with Gasteiger partial charge in [0.1, 0.15) is 0 Å². The molecule has 1 nitrogen and oxygen atoms in total. The zero-order valence-corrected chi connectivity index (χ0v) is 13.8. The second kappa shape index (κ2) is 4.35. The summed E-state index contributed by atoms with van der Waals surface area (Å²) in [6.45, 7) is 0. The summed E-state index contributed by atoms with van der Waals surface area (Å²) in [6, 6.07) is 13.7. The maximum absolute atomic E-state index is 14.9. The minimum Gasteiger partial charge on any atom is -0.376 e. The van der Waals surface area contributed by atoms with Crippen LogP contribution in [0.1, 0.15) is 35.4 Å². The summed E-state index contributed by atoms with van der Waals surface area (Å²) in [4.78, 5) is 0. The van der Waals surface area contributed by atoms with Crippen molar-refractivity contribution in [3.05, 3.63) is 59.2 Å². The summed E-state index contributed by atoms with van der Waals surface area (Å²) in [5.74, 6) is 0.575. The summed E-state index contributed by atoms with van der Waals surface area (Å²) in [5.41, 5.74) is 2.74. The summed E-state index contributed by atoms with van der Waals surface area (Å²) < 4.78 is 14.9. The third-order valence-electron chi connectivity index (χ3n) is 4.64. The molecule has 1 fully saturated rings. The summed E-state index contributed by atoms with van der Waals surface area (Å²) >= 11 is 0. The number of alkyl halides is 1. The van der Waals surface area contributed by atoms with Gasteiger partial charge in [-0.15, -0.1) is 0 Å². The molecule has 0 radical (unpaired) electrons.